The highest BCUT2D eigenvalue weighted by molar-refractivity contribution is 5.89. The first-order valence-corrected chi connectivity index (χ1v) is 5.80. The quantitative estimate of drug-likeness (QED) is 0.792. The van der Waals surface area contributed by atoms with Crippen LogP contribution in [0, 0.1) is 0 Å². The van der Waals surface area contributed by atoms with E-state index in [1.807, 2.05) is 0 Å². The standard InChI is InChI=1S/C12H13N3O3/c1-18-12(17)7-2-3-10-13-14-11(15(10)6-7)8-4-9(16)5-8/h2-3,6,8-9,16H,4-5H2,1H3. The molecule has 1 saturated carbocycles. The lowest BCUT2D eigenvalue weighted by atomic mass is 9.82. The van der Waals surface area contributed by atoms with Crippen LogP contribution in [-0.2, 0) is 4.74 Å². The number of ether oxygens (including phenoxy) is 1. The lowest BCUT2D eigenvalue weighted by Crippen LogP contribution is -2.28. The van der Waals surface area contributed by atoms with E-state index in [9.17, 15) is 9.90 Å². The molecule has 6 heteroatoms. The molecule has 0 amide bonds. The van der Waals surface area contributed by atoms with Crippen molar-refractivity contribution in [3.63, 3.8) is 0 Å². The van der Waals surface area contributed by atoms with Gasteiger partial charge in [0.15, 0.2) is 5.65 Å². The second-order valence-corrected chi connectivity index (χ2v) is 4.52. The summed E-state index contributed by atoms with van der Waals surface area (Å²) in [5.74, 6) is 0.620. The second-order valence-electron chi connectivity index (χ2n) is 4.52. The molecule has 1 aliphatic rings. The monoisotopic (exact) mass is 247 g/mol. The molecule has 1 aliphatic carbocycles. The molecular weight excluding hydrogens is 234 g/mol. The Kier molecular flexibility index (Phi) is 2.52. The van der Waals surface area contributed by atoms with Crippen molar-refractivity contribution in [2.45, 2.75) is 24.9 Å². The predicted octanol–water partition coefficient (Wildman–Crippen LogP) is 0.754. The number of methoxy groups -OCH3 is 1. The zero-order valence-electron chi connectivity index (χ0n) is 9.91. The SMILES string of the molecule is COC(=O)c1ccc2nnc(C3CC(O)C3)n2c1. The maximum absolute atomic E-state index is 11.5. The summed E-state index contributed by atoms with van der Waals surface area (Å²) in [6, 6.07) is 3.40. The van der Waals surface area contributed by atoms with Crippen LogP contribution in [0.5, 0.6) is 0 Å². The van der Waals surface area contributed by atoms with Gasteiger partial charge in [-0.3, -0.25) is 4.40 Å². The van der Waals surface area contributed by atoms with Gasteiger partial charge in [-0.25, -0.2) is 4.79 Å². The summed E-state index contributed by atoms with van der Waals surface area (Å²) >= 11 is 0. The van der Waals surface area contributed by atoms with Crippen LogP contribution in [-0.4, -0.2) is 38.9 Å². The van der Waals surface area contributed by atoms with E-state index in [1.165, 1.54) is 7.11 Å². The average molecular weight is 247 g/mol. The third-order valence-corrected chi connectivity index (χ3v) is 3.33. The minimum atomic E-state index is -0.384. The van der Waals surface area contributed by atoms with E-state index in [0.717, 1.165) is 5.82 Å². The van der Waals surface area contributed by atoms with E-state index >= 15 is 0 Å². The molecule has 94 valence electrons. The highest BCUT2D eigenvalue weighted by Crippen LogP contribution is 2.35. The maximum atomic E-state index is 11.5. The minimum absolute atomic E-state index is 0.211. The van der Waals surface area contributed by atoms with Gasteiger partial charge in [0, 0.05) is 12.1 Å². The van der Waals surface area contributed by atoms with Crippen LogP contribution in [0.2, 0.25) is 0 Å². The minimum Gasteiger partial charge on any atom is -0.465 e. The van der Waals surface area contributed by atoms with E-state index in [-0.39, 0.29) is 18.0 Å². The maximum Gasteiger partial charge on any atom is 0.339 e. The molecule has 0 atom stereocenters. The van der Waals surface area contributed by atoms with E-state index in [0.29, 0.717) is 24.1 Å². The Morgan fingerprint density at radius 3 is 2.89 bits per heavy atom. The normalized spacial score (nSPS) is 22.8. The molecule has 2 aromatic heterocycles. The van der Waals surface area contributed by atoms with Crippen LogP contribution in [0.3, 0.4) is 0 Å². The number of aliphatic hydroxyl groups is 1. The molecule has 1 N–H and O–H groups in total. The topological polar surface area (TPSA) is 76.7 Å². The molecule has 1 fully saturated rings. The van der Waals surface area contributed by atoms with Gasteiger partial charge >= 0.3 is 5.97 Å². The Hall–Kier alpha value is -1.95. The zero-order chi connectivity index (χ0) is 12.7. The van der Waals surface area contributed by atoms with Crippen LogP contribution < -0.4 is 0 Å². The number of fused-ring (bicyclic) bond motifs is 1. The lowest BCUT2D eigenvalue weighted by molar-refractivity contribution is 0.0599. The summed E-state index contributed by atoms with van der Waals surface area (Å²) in [7, 11) is 1.35. The molecule has 0 aromatic carbocycles. The van der Waals surface area contributed by atoms with Crippen LogP contribution in [0.1, 0.15) is 34.9 Å². The third kappa shape index (κ3) is 1.65. The van der Waals surface area contributed by atoms with Gasteiger partial charge in [0.2, 0.25) is 0 Å². The highest BCUT2D eigenvalue weighted by Gasteiger charge is 2.32. The number of hydrogen-bond donors (Lipinski definition) is 1. The number of carbonyl (C=O) groups is 1. The lowest BCUT2D eigenvalue weighted by Gasteiger charge is -2.29. The Morgan fingerprint density at radius 1 is 1.44 bits per heavy atom. The van der Waals surface area contributed by atoms with Gasteiger partial charge in [0.05, 0.1) is 18.8 Å². The zero-order valence-corrected chi connectivity index (χ0v) is 9.91. The fourth-order valence-corrected chi connectivity index (χ4v) is 2.22. The summed E-state index contributed by atoms with van der Waals surface area (Å²) in [6.07, 6.45) is 2.83. The Balaban J connectivity index is 2.02. The molecule has 3 rings (SSSR count). The second kappa shape index (κ2) is 4.06. The number of rotatable bonds is 2. The molecule has 18 heavy (non-hydrogen) atoms. The number of esters is 1. The van der Waals surface area contributed by atoms with E-state index < -0.39 is 0 Å². The summed E-state index contributed by atoms with van der Waals surface area (Å²) in [5.41, 5.74) is 1.16. The molecule has 0 saturated heterocycles. The number of nitrogens with zero attached hydrogens (tertiary/aromatic N) is 3. The average Bonchev–Trinajstić information content (AvgIpc) is 2.76. The molecule has 0 radical (unpaired) electrons. The molecule has 0 bridgehead atoms. The van der Waals surface area contributed by atoms with E-state index in [1.54, 1.807) is 22.7 Å². The van der Waals surface area contributed by atoms with Crippen molar-refractivity contribution in [2.24, 2.45) is 0 Å². The summed E-state index contributed by atoms with van der Waals surface area (Å²) in [5, 5.41) is 17.5. The van der Waals surface area contributed by atoms with Gasteiger partial charge in [-0.1, -0.05) is 0 Å². The van der Waals surface area contributed by atoms with Crippen LogP contribution in [0.15, 0.2) is 18.3 Å². The number of hydrogen-bond acceptors (Lipinski definition) is 5. The first kappa shape index (κ1) is 11.2. The number of aliphatic hydroxyl groups excluding tert-OH is 1. The summed E-state index contributed by atoms with van der Waals surface area (Å²) in [6.45, 7) is 0. The Morgan fingerprint density at radius 2 is 2.22 bits per heavy atom. The van der Waals surface area contributed by atoms with E-state index in [4.69, 9.17) is 0 Å². The molecule has 0 unspecified atom stereocenters. The smallest absolute Gasteiger partial charge is 0.339 e. The molecular formula is C12H13N3O3. The molecule has 2 heterocycles. The van der Waals surface area contributed by atoms with E-state index in [2.05, 4.69) is 14.9 Å². The van der Waals surface area contributed by atoms with Crippen molar-refractivity contribution in [1.82, 2.24) is 14.6 Å². The largest absolute Gasteiger partial charge is 0.465 e. The summed E-state index contributed by atoms with van der Waals surface area (Å²) in [4.78, 5) is 11.5. The first-order chi connectivity index (χ1) is 8.69. The van der Waals surface area contributed by atoms with Gasteiger partial charge in [0.1, 0.15) is 5.82 Å². The van der Waals surface area contributed by atoms with Gasteiger partial charge in [-0.2, -0.15) is 0 Å². The van der Waals surface area contributed by atoms with Crippen molar-refractivity contribution in [3.05, 3.63) is 29.7 Å². The fourth-order valence-electron chi connectivity index (χ4n) is 2.22. The number of carbonyl (C=O) groups excluding carboxylic acids is 1. The molecule has 0 aliphatic heterocycles. The van der Waals surface area contributed by atoms with Gasteiger partial charge in [0.25, 0.3) is 0 Å². The van der Waals surface area contributed by atoms with Crippen LogP contribution in [0.25, 0.3) is 5.65 Å². The number of pyridine rings is 1. The predicted molar refractivity (Wildman–Crippen MR) is 62.3 cm³/mol. The van der Waals surface area contributed by atoms with Crippen LogP contribution >= 0.6 is 0 Å². The van der Waals surface area contributed by atoms with Crippen molar-refractivity contribution in [1.29, 1.82) is 0 Å². The van der Waals surface area contributed by atoms with Crippen molar-refractivity contribution in [2.75, 3.05) is 7.11 Å². The molecule has 6 nitrogen and oxygen atoms in total. The first-order valence-electron chi connectivity index (χ1n) is 5.80. The fraction of sp³-hybridized carbons (Fsp3) is 0.417. The van der Waals surface area contributed by atoms with Crippen LogP contribution in [0.4, 0.5) is 0 Å². The van der Waals surface area contributed by atoms with Gasteiger partial charge in [-0.15, -0.1) is 10.2 Å². The third-order valence-electron chi connectivity index (χ3n) is 3.33. The van der Waals surface area contributed by atoms with Gasteiger partial charge in [-0.05, 0) is 25.0 Å². The Bertz CT molecular complexity index is 602. The van der Waals surface area contributed by atoms with Crippen molar-refractivity contribution < 1.29 is 14.6 Å². The van der Waals surface area contributed by atoms with Crippen molar-refractivity contribution >= 4 is 11.6 Å². The molecule has 2 aromatic rings. The highest BCUT2D eigenvalue weighted by atomic mass is 16.5. The number of aromatic nitrogens is 3. The summed E-state index contributed by atoms with van der Waals surface area (Å²) < 4.78 is 6.48. The van der Waals surface area contributed by atoms with Crippen molar-refractivity contribution in [3.8, 4) is 0 Å². The Labute approximate surface area is 103 Å². The van der Waals surface area contributed by atoms with Gasteiger partial charge < -0.3 is 9.84 Å². The molecule has 0 spiro atoms.